The normalized spacial score (nSPS) is 11.2. The van der Waals surface area contributed by atoms with Crippen molar-refractivity contribution in [1.82, 2.24) is 9.97 Å². The van der Waals surface area contributed by atoms with E-state index in [2.05, 4.69) is 9.71 Å². The van der Waals surface area contributed by atoms with Gasteiger partial charge in [-0.15, -0.1) is 0 Å². The minimum atomic E-state index is -4.04. The van der Waals surface area contributed by atoms with E-state index < -0.39 is 26.2 Å². The zero-order chi connectivity index (χ0) is 14.0. The first kappa shape index (κ1) is 13.1. The summed E-state index contributed by atoms with van der Waals surface area (Å²) in [6, 6.07) is 6.61. The molecule has 2 rings (SSSR count). The van der Waals surface area contributed by atoms with Gasteiger partial charge in [-0.05, 0) is 19.1 Å². The van der Waals surface area contributed by atoms with Gasteiger partial charge in [0.2, 0.25) is 0 Å². The van der Waals surface area contributed by atoms with Gasteiger partial charge in [-0.25, -0.2) is 13.2 Å². The third-order valence-electron chi connectivity index (χ3n) is 2.38. The lowest BCUT2D eigenvalue weighted by Crippen LogP contribution is -2.29. The molecule has 0 saturated carbocycles. The molecular formula is C11H11N3O4S. The number of H-pyrrole nitrogens is 2. The Hall–Kier alpha value is -2.35. The Morgan fingerprint density at radius 1 is 1.11 bits per heavy atom. The van der Waals surface area contributed by atoms with Crippen molar-refractivity contribution in [2.75, 3.05) is 4.72 Å². The number of sulfonamides is 1. The van der Waals surface area contributed by atoms with Crippen LogP contribution in [0.5, 0.6) is 0 Å². The number of hydrogen-bond acceptors (Lipinski definition) is 4. The number of aryl methyl sites for hydroxylation is 1. The van der Waals surface area contributed by atoms with Crippen LogP contribution >= 0.6 is 0 Å². The molecule has 2 aromatic rings. The molecule has 0 amide bonds. The van der Waals surface area contributed by atoms with Crippen LogP contribution in [-0.4, -0.2) is 18.4 Å². The molecule has 0 aliphatic heterocycles. The van der Waals surface area contributed by atoms with Crippen LogP contribution in [0.1, 0.15) is 5.56 Å². The van der Waals surface area contributed by atoms with Crippen molar-refractivity contribution in [2.45, 2.75) is 11.8 Å². The molecule has 0 saturated heterocycles. The van der Waals surface area contributed by atoms with E-state index in [-0.39, 0.29) is 0 Å². The van der Waals surface area contributed by atoms with Crippen molar-refractivity contribution in [2.24, 2.45) is 0 Å². The van der Waals surface area contributed by atoms with Gasteiger partial charge in [0.15, 0.2) is 4.90 Å². The van der Waals surface area contributed by atoms with E-state index in [0.29, 0.717) is 5.69 Å². The van der Waals surface area contributed by atoms with E-state index in [0.717, 1.165) is 11.8 Å². The third kappa shape index (κ3) is 2.91. The molecule has 7 nitrogen and oxygen atoms in total. The van der Waals surface area contributed by atoms with Crippen LogP contribution in [0, 0.1) is 6.92 Å². The van der Waals surface area contributed by atoms with Crippen LogP contribution in [0.2, 0.25) is 0 Å². The number of anilines is 1. The predicted molar refractivity (Wildman–Crippen MR) is 69.7 cm³/mol. The van der Waals surface area contributed by atoms with E-state index in [9.17, 15) is 18.0 Å². The summed E-state index contributed by atoms with van der Waals surface area (Å²) < 4.78 is 26.2. The summed E-state index contributed by atoms with van der Waals surface area (Å²) in [5.74, 6) is 0. The SMILES string of the molecule is Cc1ccc(NS(=O)(=O)c2c[nH]c(=O)[nH]c2=O)cc1. The molecule has 100 valence electrons. The van der Waals surface area contributed by atoms with Crippen molar-refractivity contribution in [1.29, 1.82) is 0 Å². The van der Waals surface area contributed by atoms with Gasteiger partial charge < -0.3 is 4.98 Å². The summed E-state index contributed by atoms with van der Waals surface area (Å²) >= 11 is 0. The minimum Gasteiger partial charge on any atom is -0.313 e. The Balaban J connectivity index is 2.40. The second-order valence-electron chi connectivity index (χ2n) is 3.91. The monoisotopic (exact) mass is 281 g/mol. The van der Waals surface area contributed by atoms with Gasteiger partial charge in [-0.1, -0.05) is 17.7 Å². The number of aromatic amines is 2. The molecule has 0 spiro atoms. The lowest BCUT2D eigenvalue weighted by molar-refractivity contribution is 0.599. The number of nitrogens with one attached hydrogen (secondary N) is 3. The van der Waals surface area contributed by atoms with Gasteiger partial charge in [-0.3, -0.25) is 14.5 Å². The van der Waals surface area contributed by atoms with Gasteiger partial charge in [0, 0.05) is 11.9 Å². The molecule has 0 aliphatic rings. The molecule has 0 radical (unpaired) electrons. The van der Waals surface area contributed by atoms with Crippen LogP contribution in [0.4, 0.5) is 5.69 Å². The number of hydrogen-bond donors (Lipinski definition) is 3. The van der Waals surface area contributed by atoms with Crippen LogP contribution in [0.25, 0.3) is 0 Å². The zero-order valence-corrected chi connectivity index (χ0v) is 10.7. The topological polar surface area (TPSA) is 112 Å². The highest BCUT2D eigenvalue weighted by atomic mass is 32.2. The summed E-state index contributed by atoms with van der Waals surface area (Å²) in [6.07, 6.45) is 0.859. The van der Waals surface area contributed by atoms with Gasteiger partial charge in [-0.2, -0.15) is 0 Å². The molecule has 8 heteroatoms. The van der Waals surface area contributed by atoms with Crippen molar-refractivity contribution in [3.63, 3.8) is 0 Å². The third-order valence-corrected chi connectivity index (χ3v) is 3.77. The first-order valence-electron chi connectivity index (χ1n) is 5.30. The van der Waals surface area contributed by atoms with Crippen molar-refractivity contribution in [3.8, 4) is 0 Å². The number of rotatable bonds is 3. The zero-order valence-electron chi connectivity index (χ0n) is 9.93. The quantitative estimate of drug-likeness (QED) is 0.744. The minimum absolute atomic E-state index is 0.330. The molecule has 1 heterocycles. The summed E-state index contributed by atoms with van der Waals surface area (Å²) in [5.41, 5.74) is -0.427. The maximum atomic E-state index is 12.0. The fourth-order valence-electron chi connectivity index (χ4n) is 1.43. The Labute approximate surface area is 108 Å². The molecule has 0 bridgehead atoms. The molecular weight excluding hydrogens is 270 g/mol. The highest BCUT2D eigenvalue weighted by Gasteiger charge is 2.18. The maximum Gasteiger partial charge on any atom is 0.325 e. The van der Waals surface area contributed by atoms with Crippen LogP contribution < -0.4 is 16.0 Å². The first-order valence-corrected chi connectivity index (χ1v) is 6.78. The largest absolute Gasteiger partial charge is 0.325 e. The van der Waals surface area contributed by atoms with Gasteiger partial charge in [0.05, 0.1) is 0 Å². The Morgan fingerprint density at radius 2 is 1.74 bits per heavy atom. The van der Waals surface area contributed by atoms with Crippen molar-refractivity contribution < 1.29 is 8.42 Å². The lowest BCUT2D eigenvalue weighted by atomic mass is 10.2. The van der Waals surface area contributed by atoms with Crippen molar-refractivity contribution >= 4 is 15.7 Å². The maximum absolute atomic E-state index is 12.0. The van der Waals surface area contributed by atoms with E-state index in [4.69, 9.17) is 0 Å². The van der Waals surface area contributed by atoms with Gasteiger partial charge in [0.25, 0.3) is 15.6 Å². The Bertz CT molecular complexity index is 803. The smallest absolute Gasteiger partial charge is 0.313 e. The fourth-order valence-corrected chi connectivity index (χ4v) is 2.49. The predicted octanol–water partition coefficient (Wildman–Crippen LogP) is 0.172. The highest BCUT2D eigenvalue weighted by molar-refractivity contribution is 7.92. The van der Waals surface area contributed by atoms with Crippen LogP contribution in [0.3, 0.4) is 0 Å². The molecule has 1 aromatic heterocycles. The van der Waals surface area contributed by atoms with E-state index in [1.807, 2.05) is 11.9 Å². The van der Waals surface area contributed by atoms with Crippen LogP contribution in [-0.2, 0) is 10.0 Å². The summed E-state index contributed by atoms with van der Waals surface area (Å²) in [7, 11) is -4.04. The van der Waals surface area contributed by atoms with E-state index in [1.165, 1.54) is 0 Å². The highest BCUT2D eigenvalue weighted by Crippen LogP contribution is 2.13. The molecule has 19 heavy (non-hydrogen) atoms. The average Bonchev–Trinajstić information content (AvgIpc) is 2.31. The van der Waals surface area contributed by atoms with E-state index in [1.54, 1.807) is 24.3 Å². The molecule has 0 aliphatic carbocycles. The second-order valence-corrected chi connectivity index (χ2v) is 5.56. The van der Waals surface area contributed by atoms with Gasteiger partial charge in [0.1, 0.15) is 0 Å². The lowest BCUT2D eigenvalue weighted by Gasteiger charge is -2.07. The summed E-state index contributed by atoms with van der Waals surface area (Å²) in [5, 5.41) is 0. The summed E-state index contributed by atoms with van der Waals surface area (Å²) in [6.45, 7) is 1.87. The van der Waals surface area contributed by atoms with Crippen LogP contribution in [0.15, 0.2) is 44.9 Å². The Kier molecular flexibility index (Phi) is 3.26. The number of benzene rings is 1. The summed E-state index contributed by atoms with van der Waals surface area (Å²) in [4.78, 5) is 25.7. The molecule has 3 N–H and O–H groups in total. The molecule has 1 aromatic carbocycles. The molecule has 0 unspecified atom stereocenters. The Morgan fingerprint density at radius 3 is 2.32 bits per heavy atom. The first-order chi connectivity index (χ1) is 8.88. The molecule has 0 fully saturated rings. The second kappa shape index (κ2) is 4.73. The van der Waals surface area contributed by atoms with E-state index >= 15 is 0 Å². The standard InChI is InChI=1S/C11H11N3O4S/c1-7-2-4-8(5-3-7)14-19(17,18)9-6-12-11(16)13-10(9)15/h2-6,14H,1H3,(H2,12,13,15,16). The average molecular weight is 281 g/mol. The number of aromatic nitrogens is 2. The van der Waals surface area contributed by atoms with Gasteiger partial charge >= 0.3 is 5.69 Å². The fraction of sp³-hybridized carbons (Fsp3) is 0.0909. The molecule has 0 atom stereocenters. The van der Waals surface area contributed by atoms with Crippen molar-refractivity contribution in [3.05, 3.63) is 56.9 Å².